The van der Waals surface area contributed by atoms with E-state index in [-0.39, 0.29) is 5.91 Å². The van der Waals surface area contributed by atoms with Gasteiger partial charge in [-0.15, -0.1) is 0 Å². The van der Waals surface area contributed by atoms with Crippen LogP contribution in [0.5, 0.6) is 0 Å². The first-order chi connectivity index (χ1) is 10.2. The van der Waals surface area contributed by atoms with Gasteiger partial charge in [0.2, 0.25) is 0 Å². The third-order valence-electron chi connectivity index (χ3n) is 3.20. The second-order valence-electron chi connectivity index (χ2n) is 4.65. The number of nitrogens with two attached hydrogens (primary N) is 1. The zero-order chi connectivity index (χ0) is 15.1. The molecule has 3 N–H and O–H groups in total. The van der Waals surface area contributed by atoms with Crippen molar-refractivity contribution in [2.75, 3.05) is 6.54 Å². The van der Waals surface area contributed by atoms with Gasteiger partial charge < -0.3 is 11.1 Å². The van der Waals surface area contributed by atoms with Gasteiger partial charge in [-0.2, -0.15) is 0 Å². The van der Waals surface area contributed by atoms with Crippen molar-refractivity contribution in [2.45, 2.75) is 13.5 Å². The van der Waals surface area contributed by atoms with Crippen LogP contribution in [0.4, 0.5) is 0 Å². The van der Waals surface area contributed by atoms with Crippen LogP contribution in [-0.4, -0.2) is 12.5 Å². The summed E-state index contributed by atoms with van der Waals surface area (Å²) in [6.07, 6.45) is 0. The number of benzene rings is 2. The smallest absolute Gasteiger partial charge is 0.251 e. The van der Waals surface area contributed by atoms with Crippen LogP contribution < -0.4 is 11.1 Å². The molecule has 0 aliphatic heterocycles. The highest BCUT2D eigenvalue weighted by molar-refractivity contribution is 5.96. The number of carbonyl (C=O) groups is 1. The van der Waals surface area contributed by atoms with Crippen molar-refractivity contribution in [2.24, 2.45) is 5.73 Å². The molecule has 21 heavy (non-hydrogen) atoms. The molecule has 0 fully saturated rings. The van der Waals surface area contributed by atoms with Gasteiger partial charge in [0.25, 0.3) is 5.91 Å². The molecule has 0 aromatic heterocycles. The first kappa shape index (κ1) is 14.8. The van der Waals surface area contributed by atoms with Crippen LogP contribution in [0.25, 0.3) is 0 Å². The van der Waals surface area contributed by atoms with Gasteiger partial charge in [0.05, 0.1) is 6.54 Å². The van der Waals surface area contributed by atoms with Crippen LogP contribution in [0.2, 0.25) is 0 Å². The summed E-state index contributed by atoms with van der Waals surface area (Å²) in [6, 6.07) is 15.4. The number of nitrogens with one attached hydrogen (secondary N) is 1. The predicted octanol–water partition coefficient (Wildman–Crippen LogP) is 2.24. The van der Waals surface area contributed by atoms with Gasteiger partial charge in [-0.1, -0.05) is 48.2 Å². The standard InChI is InChI=1S/C18H18N2O/c1-14-16(10-6-12-19)9-5-11-17(14)18(21)20-13-15-7-3-2-4-8-15/h2-5,7-9,11H,12-13,19H2,1H3,(H,20,21). The van der Waals surface area contributed by atoms with Gasteiger partial charge in [-0.05, 0) is 30.2 Å². The lowest BCUT2D eigenvalue weighted by molar-refractivity contribution is 0.0950. The van der Waals surface area contributed by atoms with E-state index in [0.717, 1.165) is 16.7 Å². The average molecular weight is 278 g/mol. The molecule has 0 saturated heterocycles. The van der Waals surface area contributed by atoms with Gasteiger partial charge in [0.15, 0.2) is 0 Å². The van der Waals surface area contributed by atoms with Crippen LogP contribution in [-0.2, 0) is 6.54 Å². The average Bonchev–Trinajstić information content (AvgIpc) is 2.52. The largest absolute Gasteiger partial charge is 0.348 e. The highest BCUT2D eigenvalue weighted by Gasteiger charge is 2.10. The molecule has 0 spiro atoms. The van der Waals surface area contributed by atoms with E-state index in [9.17, 15) is 4.79 Å². The predicted molar refractivity (Wildman–Crippen MR) is 84.7 cm³/mol. The lowest BCUT2D eigenvalue weighted by atomic mass is 10.0. The lowest BCUT2D eigenvalue weighted by Crippen LogP contribution is -2.23. The maximum Gasteiger partial charge on any atom is 0.251 e. The van der Waals surface area contributed by atoms with Crippen molar-refractivity contribution < 1.29 is 4.79 Å². The third-order valence-corrected chi connectivity index (χ3v) is 3.20. The first-order valence-corrected chi connectivity index (χ1v) is 6.83. The van der Waals surface area contributed by atoms with E-state index in [0.29, 0.717) is 18.7 Å². The van der Waals surface area contributed by atoms with Gasteiger partial charge >= 0.3 is 0 Å². The van der Waals surface area contributed by atoms with Crippen molar-refractivity contribution in [3.63, 3.8) is 0 Å². The van der Waals surface area contributed by atoms with E-state index < -0.39 is 0 Å². The van der Waals surface area contributed by atoms with E-state index >= 15 is 0 Å². The highest BCUT2D eigenvalue weighted by Crippen LogP contribution is 2.13. The molecular weight excluding hydrogens is 260 g/mol. The minimum Gasteiger partial charge on any atom is -0.348 e. The summed E-state index contributed by atoms with van der Waals surface area (Å²) in [4.78, 5) is 12.3. The first-order valence-electron chi connectivity index (χ1n) is 6.83. The molecule has 0 unspecified atom stereocenters. The number of hydrogen-bond donors (Lipinski definition) is 2. The van der Waals surface area contributed by atoms with Crippen molar-refractivity contribution in [3.05, 3.63) is 70.8 Å². The fourth-order valence-corrected chi connectivity index (χ4v) is 2.04. The van der Waals surface area contributed by atoms with E-state index in [1.165, 1.54) is 0 Å². The molecule has 106 valence electrons. The molecule has 0 bridgehead atoms. The fraction of sp³-hybridized carbons (Fsp3) is 0.167. The Morgan fingerprint density at radius 3 is 2.62 bits per heavy atom. The van der Waals surface area contributed by atoms with E-state index in [2.05, 4.69) is 17.2 Å². The van der Waals surface area contributed by atoms with E-state index in [4.69, 9.17) is 5.73 Å². The van der Waals surface area contributed by atoms with Crippen molar-refractivity contribution >= 4 is 5.91 Å². The summed E-state index contributed by atoms with van der Waals surface area (Å²) in [6.45, 7) is 2.72. The minimum absolute atomic E-state index is 0.0900. The normalized spacial score (nSPS) is 9.62. The van der Waals surface area contributed by atoms with Crippen molar-refractivity contribution in [1.29, 1.82) is 0 Å². The summed E-state index contributed by atoms with van der Waals surface area (Å²) in [5.74, 6) is 5.71. The molecular formula is C18H18N2O. The Kier molecular flexibility index (Phi) is 5.14. The SMILES string of the molecule is Cc1c(C#CCN)cccc1C(=O)NCc1ccccc1. The van der Waals surface area contributed by atoms with Crippen LogP contribution in [0.1, 0.15) is 27.0 Å². The highest BCUT2D eigenvalue weighted by atomic mass is 16.1. The van der Waals surface area contributed by atoms with Gasteiger partial charge in [0.1, 0.15) is 0 Å². The molecule has 0 atom stereocenters. The Morgan fingerprint density at radius 2 is 1.90 bits per heavy atom. The molecule has 1 amide bonds. The molecule has 0 saturated carbocycles. The van der Waals surface area contributed by atoms with Crippen LogP contribution in [0.15, 0.2) is 48.5 Å². The summed E-state index contributed by atoms with van der Waals surface area (Å²) < 4.78 is 0. The maximum atomic E-state index is 12.3. The Hall–Kier alpha value is -2.57. The second-order valence-corrected chi connectivity index (χ2v) is 4.65. The molecule has 0 radical (unpaired) electrons. The summed E-state index contributed by atoms with van der Waals surface area (Å²) in [5, 5.41) is 2.93. The Labute approximate surface area is 125 Å². The molecule has 2 rings (SSSR count). The third kappa shape index (κ3) is 3.95. The Morgan fingerprint density at radius 1 is 1.14 bits per heavy atom. The van der Waals surface area contributed by atoms with Crippen LogP contribution >= 0.6 is 0 Å². The second kappa shape index (κ2) is 7.28. The van der Waals surface area contributed by atoms with Gasteiger partial charge in [0, 0.05) is 17.7 Å². The Balaban J connectivity index is 2.12. The van der Waals surface area contributed by atoms with Crippen LogP contribution in [0.3, 0.4) is 0 Å². The molecule has 0 heterocycles. The Bertz CT molecular complexity index is 681. The number of hydrogen-bond acceptors (Lipinski definition) is 2. The topological polar surface area (TPSA) is 55.1 Å². The summed E-state index contributed by atoms with van der Waals surface area (Å²) in [7, 11) is 0. The maximum absolute atomic E-state index is 12.3. The molecule has 0 aliphatic carbocycles. The van der Waals surface area contributed by atoms with Gasteiger partial charge in [-0.3, -0.25) is 4.79 Å². The molecule has 3 nitrogen and oxygen atoms in total. The molecule has 2 aromatic carbocycles. The number of amides is 1. The van der Waals surface area contributed by atoms with Crippen LogP contribution in [0, 0.1) is 18.8 Å². The van der Waals surface area contributed by atoms with Crippen molar-refractivity contribution in [1.82, 2.24) is 5.32 Å². The lowest BCUT2D eigenvalue weighted by Gasteiger charge is -2.09. The molecule has 0 aliphatic rings. The quantitative estimate of drug-likeness (QED) is 0.846. The minimum atomic E-state index is -0.0900. The fourth-order valence-electron chi connectivity index (χ4n) is 2.04. The monoisotopic (exact) mass is 278 g/mol. The number of carbonyl (C=O) groups excluding carboxylic acids is 1. The zero-order valence-electron chi connectivity index (χ0n) is 12.0. The molecule has 2 aromatic rings. The van der Waals surface area contributed by atoms with E-state index in [1.807, 2.05) is 55.5 Å². The molecule has 3 heteroatoms. The number of rotatable bonds is 3. The summed E-state index contributed by atoms with van der Waals surface area (Å²) in [5.41, 5.74) is 8.82. The van der Waals surface area contributed by atoms with Crippen molar-refractivity contribution in [3.8, 4) is 11.8 Å². The van der Waals surface area contributed by atoms with E-state index in [1.54, 1.807) is 0 Å². The zero-order valence-corrected chi connectivity index (χ0v) is 12.0. The summed E-state index contributed by atoms with van der Waals surface area (Å²) >= 11 is 0. The van der Waals surface area contributed by atoms with Gasteiger partial charge in [-0.25, -0.2) is 0 Å².